The van der Waals surface area contributed by atoms with Gasteiger partial charge >= 0.3 is 5.69 Å². The lowest BCUT2D eigenvalue weighted by molar-refractivity contribution is 0.103. The van der Waals surface area contributed by atoms with Gasteiger partial charge < -0.3 is 5.11 Å². The van der Waals surface area contributed by atoms with E-state index in [1.165, 1.54) is 41.7 Å². The Morgan fingerprint density at radius 2 is 1.88 bits per heavy atom. The summed E-state index contributed by atoms with van der Waals surface area (Å²) in [6.45, 7) is 2.29. The molecule has 4 aromatic rings. The number of carbonyl (C=O) groups is 1. The van der Waals surface area contributed by atoms with Gasteiger partial charge in [-0.2, -0.15) is 0 Å². The van der Waals surface area contributed by atoms with Gasteiger partial charge in [0, 0.05) is 54.1 Å². The Morgan fingerprint density at radius 1 is 1.15 bits per heavy atom. The van der Waals surface area contributed by atoms with E-state index in [1.54, 1.807) is 24.5 Å². The third-order valence-corrected chi connectivity index (χ3v) is 6.32. The lowest BCUT2D eigenvalue weighted by Crippen LogP contribution is -2.38. The number of rotatable bonds is 7. The molecular weight excluding hydrogens is 478 g/mol. The van der Waals surface area contributed by atoms with Crippen LogP contribution in [0.3, 0.4) is 0 Å². The van der Waals surface area contributed by atoms with Crippen LogP contribution in [0.4, 0.5) is 0 Å². The fourth-order valence-electron chi connectivity index (χ4n) is 3.52. The Bertz CT molecular complexity index is 1520. The van der Waals surface area contributed by atoms with E-state index in [0.717, 1.165) is 4.57 Å². The van der Waals surface area contributed by atoms with Gasteiger partial charge in [0.25, 0.3) is 5.56 Å². The number of nitrogens with zero attached hydrogens (tertiary/aromatic N) is 5. The topological polar surface area (TPSA) is 120 Å². The highest BCUT2D eigenvalue weighted by Gasteiger charge is 2.21. The van der Waals surface area contributed by atoms with E-state index in [1.807, 2.05) is 6.92 Å². The molecule has 0 atom stereocenters. The molecule has 174 valence electrons. The number of phenols is 1. The largest absolute Gasteiger partial charge is 0.507 e. The van der Waals surface area contributed by atoms with Crippen molar-refractivity contribution in [3.63, 3.8) is 0 Å². The number of halogens is 1. The first-order chi connectivity index (χ1) is 16.3. The molecule has 3 aromatic heterocycles. The lowest BCUT2D eigenvalue weighted by Gasteiger charge is -2.12. The third-order valence-electron chi connectivity index (χ3n) is 5.18. The smallest absolute Gasteiger partial charge is 0.332 e. The summed E-state index contributed by atoms with van der Waals surface area (Å²) in [5, 5.41) is 11.7. The van der Waals surface area contributed by atoms with E-state index < -0.39 is 17.0 Å². The highest BCUT2D eigenvalue weighted by atomic mass is 35.5. The quantitative estimate of drug-likeness (QED) is 0.235. The summed E-state index contributed by atoms with van der Waals surface area (Å²) in [7, 11) is 1.38. The summed E-state index contributed by atoms with van der Waals surface area (Å²) in [5.74, 6) is -0.482. The van der Waals surface area contributed by atoms with Crippen LogP contribution in [0.5, 0.6) is 5.75 Å². The van der Waals surface area contributed by atoms with Crippen molar-refractivity contribution >= 4 is 40.2 Å². The maximum absolute atomic E-state index is 13.3. The van der Waals surface area contributed by atoms with E-state index >= 15 is 0 Å². The predicted octanol–water partition coefficient (Wildman–Crippen LogP) is 3.18. The summed E-state index contributed by atoms with van der Waals surface area (Å²) >= 11 is 7.52. The average Bonchev–Trinajstić information content (AvgIpc) is 2.85. The summed E-state index contributed by atoms with van der Waals surface area (Å²) in [6, 6.07) is 6.03. The minimum absolute atomic E-state index is 0.0167. The lowest BCUT2D eigenvalue weighted by atomic mass is 10.0. The predicted molar refractivity (Wildman–Crippen MR) is 130 cm³/mol. The Hall–Kier alpha value is -3.50. The SMILES string of the molecule is CCCn1c(=O)n(C)c(=O)c2cc(C(=O)c3cc(Cl)cc(CSc4ncccn4)c3O)cnc21. The number of thioether (sulfide) groups is 1. The number of pyridine rings is 1. The second-order valence-electron chi connectivity index (χ2n) is 7.50. The Kier molecular flexibility index (Phi) is 6.80. The number of phenolic OH excluding ortho intramolecular Hbond substituents is 1. The standard InChI is InChI=1S/C23H20ClN5O4S/c1-3-7-29-20-17(21(32)28(2)23(29)33)9-13(11-27-20)18(30)16-10-15(24)8-14(19(16)31)12-34-22-25-5-4-6-26-22/h4-6,8-11,31H,3,7,12H2,1-2H3. The number of aromatic nitrogens is 5. The number of ketones is 1. The van der Waals surface area contributed by atoms with Crippen molar-refractivity contribution in [3.05, 3.63) is 85.4 Å². The molecule has 0 fully saturated rings. The van der Waals surface area contributed by atoms with Crippen LogP contribution >= 0.6 is 23.4 Å². The fourth-order valence-corrected chi connectivity index (χ4v) is 4.53. The number of aromatic hydroxyl groups is 1. The van der Waals surface area contributed by atoms with Crippen LogP contribution in [0, 0.1) is 0 Å². The Labute approximate surface area is 203 Å². The maximum Gasteiger partial charge on any atom is 0.332 e. The molecule has 0 saturated carbocycles. The van der Waals surface area contributed by atoms with Crippen LogP contribution in [0.2, 0.25) is 5.02 Å². The van der Waals surface area contributed by atoms with Crippen LogP contribution in [0.1, 0.15) is 34.8 Å². The van der Waals surface area contributed by atoms with E-state index in [-0.39, 0.29) is 38.7 Å². The van der Waals surface area contributed by atoms with Gasteiger partial charge in [0.05, 0.1) is 10.9 Å². The highest BCUT2D eigenvalue weighted by Crippen LogP contribution is 2.33. The number of aryl methyl sites for hydroxylation is 1. The van der Waals surface area contributed by atoms with Gasteiger partial charge in [-0.05, 0) is 30.7 Å². The number of fused-ring (bicyclic) bond motifs is 1. The minimum Gasteiger partial charge on any atom is -0.507 e. The molecule has 0 spiro atoms. The van der Waals surface area contributed by atoms with Crippen LogP contribution in [-0.4, -0.2) is 35.0 Å². The molecule has 0 aliphatic heterocycles. The molecule has 9 nitrogen and oxygen atoms in total. The van der Waals surface area contributed by atoms with Crippen molar-refractivity contribution in [2.24, 2.45) is 7.05 Å². The molecule has 1 aromatic carbocycles. The molecule has 1 N–H and O–H groups in total. The summed E-state index contributed by atoms with van der Waals surface area (Å²) in [4.78, 5) is 51.0. The van der Waals surface area contributed by atoms with E-state index in [9.17, 15) is 19.5 Å². The van der Waals surface area contributed by atoms with Crippen molar-refractivity contribution < 1.29 is 9.90 Å². The first-order valence-electron chi connectivity index (χ1n) is 10.4. The summed E-state index contributed by atoms with van der Waals surface area (Å²) < 4.78 is 2.40. The van der Waals surface area contributed by atoms with E-state index in [4.69, 9.17) is 11.6 Å². The highest BCUT2D eigenvalue weighted by molar-refractivity contribution is 7.98. The molecule has 0 saturated heterocycles. The zero-order chi connectivity index (χ0) is 24.4. The molecule has 0 bridgehead atoms. The molecule has 0 aliphatic rings. The molecule has 4 rings (SSSR count). The monoisotopic (exact) mass is 497 g/mol. The van der Waals surface area contributed by atoms with Crippen LogP contribution in [0.25, 0.3) is 11.0 Å². The molecule has 34 heavy (non-hydrogen) atoms. The van der Waals surface area contributed by atoms with E-state index in [0.29, 0.717) is 23.7 Å². The van der Waals surface area contributed by atoms with E-state index in [2.05, 4.69) is 15.0 Å². The molecular formula is C23H20ClN5O4S. The van der Waals surface area contributed by atoms with Gasteiger partial charge in [-0.3, -0.25) is 18.7 Å². The zero-order valence-corrected chi connectivity index (χ0v) is 19.9. The maximum atomic E-state index is 13.3. The molecule has 0 unspecified atom stereocenters. The molecule has 0 radical (unpaired) electrons. The van der Waals surface area contributed by atoms with Gasteiger partial charge in [0.15, 0.2) is 10.9 Å². The van der Waals surface area contributed by atoms with Crippen molar-refractivity contribution in [1.29, 1.82) is 0 Å². The second-order valence-corrected chi connectivity index (χ2v) is 8.88. The zero-order valence-electron chi connectivity index (χ0n) is 18.4. The fraction of sp³-hybridized carbons (Fsp3) is 0.217. The number of carbonyl (C=O) groups excluding carboxylic acids is 1. The van der Waals surface area contributed by atoms with Gasteiger partial charge in [0.1, 0.15) is 11.4 Å². The number of hydrogen-bond acceptors (Lipinski definition) is 8. The van der Waals surface area contributed by atoms with Crippen LogP contribution < -0.4 is 11.2 Å². The van der Waals surface area contributed by atoms with Gasteiger partial charge in [0.2, 0.25) is 0 Å². The average molecular weight is 498 g/mol. The molecule has 3 heterocycles. The molecule has 11 heteroatoms. The second kappa shape index (κ2) is 9.78. The summed E-state index contributed by atoms with van der Waals surface area (Å²) in [5.41, 5.74) is -0.296. The first-order valence-corrected chi connectivity index (χ1v) is 11.7. The van der Waals surface area contributed by atoms with Crippen LogP contribution in [-0.2, 0) is 19.3 Å². The van der Waals surface area contributed by atoms with Crippen LogP contribution in [0.15, 0.2) is 57.6 Å². The van der Waals surface area contributed by atoms with Crippen molar-refractivity contribution in [3.8, 4) is 5.75 Å². The first kappa shape index (κ1) is 23.7. The molecule has 0 aliphatic carbocycles. The Morgan fingerprint density at radius 3 is 2.59 bits per heavy atom. The summed E-state index contributed by atoms with van der Waals surface area (Å²) in [6.07, 6.45) is 5.18. The Balaban J connectivity index is 1.75. The van der Waals surface area contributed by atoms with Crippen molar-refractivity contribution in [2.45, 2.75) is 30.8 Å². The van der Waals surface area contributed by atoms with Crippen molar-refractivity contribution in [1.82, 2.24) is 24.1 Å². The van der Waals surface area contributed by atoms with Gasteiger partial charge in [-0.15, -0.1) is 0 Å². The number of benzene rings is 1. The van der Waals surface area contributed by atoms with Gasteiger partial charge in [-0.1, -0.05) is 30.3 Å². The van der Waals surface area contributed by atoms with Crippen molar-refractivity contribution in [2.75, 3.05) is 0 Å². The van der Waals surface area contributed by atoms with Gasteiger partial charge in [-0.25, -0.2) is 19.7 Å². The normalized spacial score (nSPS) is 11.1. The third kappa shape index (κ3) is 4.46. The molecule has 0 amide bonds. The minimum atomic E-state index is -0.551. The number of hydrogen-bond donors (Lipinski definition) is 1.